The van der Waals surface area contributed by atoms with Crippen molar-refractivity contribution in [2.24, 2.45) is 4.99 Å². The van der Waals surface area contributed by atoms with E-state index in [9.17, 15) is 0 Å². The first kappa shape index (κ1) is 26.4. The molecule has 0 atom stereocenters. The van der Waals surface area contributed by atoms with Gasteiger partial charge < -0.3 is 20.4 Å². The number of likely N-dealkylation sites (tertiary alicyclic amines) is 1. The lowest BCUT2D eigenvalue weighted by Gasteiger charge is -2.34. The standard InChI is InChI=1S/C24H42N6.HI/c1-4-12-29-13-10-23(11-14-29)27-24(25-3)26-19-21-8-6-7-9-22(21)20-30-17-15-28(5-2)16-18-30;/h6-9,23H,4-5,10-20H2,1-3H3,(H2,25,26,27);1H. The molecular weight excluding hydrogens is 499 g/mol. The molecule has 0 spiro atoms. The highest BCUT2D eigenvalue weighted by molar-refractivity contribution is 14.0. The molecule has 1 aromatic rings. The number of piperazine rings is 1. The molecule has 176 valence electrons. The number of rotatable bonds is 8. The Hall–Kier alpha value is -0.900. The number of likely N-dealkylation sites (N-methyl/N-ethyl adjacent to an activating group) is 1. The third kappa shape index (κ3) is 8.51. The number of nitrogens with one attached hydrogen (secondary N) is 2. The van der Waals surface area contributed by atoms with E-state index in [2.05, 4.69) is 68.4 Å². The molecule has 0 aromatic heterocycles. The molecule has 0 bridgehead atoms. The molecule has 2 aliphatic rings. The maximum absolute atomic E-state index is 4.48. The molecule has 0 unspecified atom stereocenters. The van der Waals surface area contributed by atoms with Gasteiger partial charge in [0.2, 0.25) is 0 Å². The van der Waals surface area contributed by atoms with Gasteiger partial charge in [0, 0.05) is 65.4 Å². The summed E-state index contributed by atoms with van der Waals surface area (Å²) in [5.74, 6) is 0.926. The minimum Gasteiger partial charge on any atom is -0.354 e. The van der Waals surface area contributed by atoms with Crippen LogP contribution < -0.4 is 10.6 Å². The highest BCUT2D eigenvalue weighted by Gasteiger charge is 2.20. The molecule has 0 radical (unpaired) electrons. The number of piperidine rings is 1. The molecule has 2 fully saturated rings. The molecule has 2 aliphatic heterocycles. The molecule has 31 heavy (non-hydrogen) atoms. The van der Waals surface area contributed by atoms with Gasteiger partial charge in [0.25, 0.3) is 0 Å². The Morgan fingerprint density at radius 3 is 2.19 bits per heavy atom. The summed E-state index contributed by atoms with van der Waals surface area (Å²) in [5, 5.41) is 7.21. The van der Waals surface area contributed by atoms with E-state index in [0.29, 0.717) is 6.04 Å². The van der Waals surface area contributed by atoms with Crippen molar-refractivity contribution in [1.29, 1.82) is 0 Å². The summed E-state index contributed by atoms with van der Waals surface area (Å²) in [6.07, 6.45) is 3.64. The van der Waals surface area contributed by atoms with Crippen molar-refractivity contribution in [3.63, 3.8) is 0 Å². The monoisotopic (exact) mass is 542 g/mol. The Morgan fingerprint density at radius 1 is 0.935 bits per heavy atom. The van der Waals surface area contributed by atoms with Crippen LogP contribution >= 0.6 is 24.0 Å². The van der Waals surface area contributed by atoms with Crippen molar-refractivity contribution in [2.45, 2.75) is 52.2 Å². The second kappa shape index (κ2) is 14.3. The fourth-order valence-corrected chi connectivity index (χ4v) is 4.57. The van der Waals surface area contributed by atoms with Crippen LogP contribution in [-0.4, -0.2) is 86.1 Å². The van der Waals surface area contributed by atoms with E-state index in [1.807, 2.05) is 7.05 Å². The van der Waals surface area contributed by atoms with Gasteiger partial charge in [-0.05, 0) is 43.5 Å². The van der Waals surface area contributed by atoms with Gasteiger partial charge in [-0.15, -0.1) is 24.0 Å². The van der Waals surface area contributed by atoms with Crippen LogP contribution in [0.4, 0.5) is 0 Å². The minimum atomic E-state index is 0. The summed E-state index contributed by atoms with van der Waals surface area (Å²) in [7, 11) is 1.88. The first-order chi connectivity index (χ1) is 14.7. The van der Waals surface area contributed by atoms with E-state index in [4.69, 9.17) is 0 Å². The molecule has 2 heterocycles. The zero-order valence-corrected chi connectivity index (χ0v) is 22.1. The fraction of sp³-hybridized carbons (Fsp3) is 0.708. The zero-order chi connectivity index (χ0) is 21.2. The van der Waals surface area contributed by atoms with Gasteiger partial charge in [-0.25, -0.2) is 0 Å². The van der Waals surface area contributed by atoms with Crippen molar-refractivity contribution in [1.82, 2.24) is 25.3 Å². The SMILES string of the molecule is CCCN1CCC(NC(=NC)NCc2ccccc2CN2CCN(CC)CC2)CC1.I. The average Bonchev–Trinajstić information content (AvgIpc) is 2.79. The van der Waals surface area contributed by atoms with Gasteiger partial charge in [-0.3, -0.25) is 9.89 Å². The van der Waals surface area contributed by atoms with Crippen molar-refractivity contribution < 1.29 is 0 Å². The van der Waals surface area contributed by atoms with Crippen LogP contribution in [0.1, 0.15) is 44.2 Å². The van der Waals surface area contributed by atoms with Gasteiger partial charge in [0.1, 0.15) is 0 Å². The number of hydrogen-bond acceptors (Lipinski definition) is 4. The Morgan fingerprint density at radius 2 is 1.58 bits per heavy atom. The average molecular weight is 543 g/mol. The lowest BCUT2D eigenvalue weighted by Crippen LogP contribution is -2.48. The fourth-order valence-electron chi connectivity index (χ4n) is 4.57. The number of hydrogen-bond donors (Lipinski definition) is 2. The van der Waals surface area contributed by atoms with E-state index >= 15 is 0 Å². The Labute approximate surface area is 206 Å². The van der Waals surface area contributed by atoms with Gasteiger partial charge in [0.15, 0.2) is 5.96 Å². The zero-order valence-electron chi connectivity index (χ0n) is 19.8. The number of benzene rings is 1. The van der Waals surface area contributed by atoms with Crippen molar-refractivity contribution in [3.8, 4) is 0 Å². The molecule has 1 aromatic carbocycles. The maximum atomic E-state index is 4.48. The van der Waals surface area contributed by atoms with E-state index in [-0.39, 0.29) is 24.0 Å². The van der Waals surface area contributed by atoms with Crippen molar-refractivity contribution in [2.75, 3.05) is 59.4 Å². The van der Waals surface area contributed by atoms with E-state index in [0.717, 1.165) is 38.7 Å². The smallest absolute Gasteiger partial charge is 0.191 e. The summed E-state index contributed by atoms with van der Waals surface area (Å²) in [4.78, 5) is 12.2. The first-order valence-corrected chi connectivity index (χ1v) is 11.9. The van der Waals surface area contributed by atoms with Crippen molar-refractivity contribution in [3.05, 3.63) is 35.4 Å². The van der Waals surface area contributed by atoms with Crippen molar-refractivity contribution >= 4 is 29.9 Å². The predicted molar refractivity (Wildman–Crippen MR) is 142 cm³/mol. The van der Waals surface area contributed by atoms with E-state index in [1.165, 1.54) is 63.1 Å². The van der Waals surface area contributed by atoms with E-state index < -0.39 is 0 Å². The lowest BCUT2D eigenvalue weighted by atomic mass is 10.0. The molecule has 0 saturated carbocycles. The van der Waals surface area contributed by atoms with Crippen LogP contribution in [0.2, 0.25) is 0 Å². The lowest BCUT2D eigenvalue weighted by molar-refractivity contribution is 0.131. The Balaban J connectivity index is 0.00000341. The molecule has 0 amide bonds. The number of halogens is 1. The molecule has 7 heteroatoms. The highest BCUT2D eigenvalue weighted by atomic mass is 127. The van der Waals surface area contributed by atoms with Crippen LogP contribution in [0.3, 0.4) is 0 Å². The summed E-state index contributed by atoms with van der Waals surface area (Å²) in [5.41, 5.74) is 2.80. The van der Waals surface area contributed by atoms with Gasteiger partial charge in [-0.2, -0.15) is 0 Å². The molecule has 2 saturated heterocycles. The third-order valence-electron chi connectivity index (χ3n) is 6.56. The number of nitrogens with zero attached hydrogens (tertiary/aromatic N) is 4. The Bertz CT molecular complexity index is 651. The molecule has 2 N–H and O–H groups in total. The minimum absolute atomic E-state index is 0. The highest BCUT2D eigenvalue weighted by Crippen LogP contribution is 2.14. The summed E-state index contributed by atoms with van der Waals surface area (Å²) in [6.45, 7) is 15.8. The first-order valence-electron chi connectivity index (χ1n) is 11.9. The quantitative estimate of drug-likeness (QED) is 0.301. The van der Waals surface area contributed by atoms with Crippen LogP contribution in [0.5, 0.6) is 0 Å². The van der Waals surface area contributed by atoms with Crippen LogP contribution in [-0.2, 0) is 13.1 Å². The van der Waals surface area contributed by atoms with Crippen LogP contribution in [0.25, 0.3) is 0 Å². The van der Waals surface area contributed by atoms with Crippen LogP contribution in [0, 0.1) is 0 Å². The number of guanidine groups is 1. The van der Waals surface area contributed by atoms with Gasteiger partial charge in [0.05, 0.1) is 0 Å². The van der Waals surface area contributed by atoms with Crippen LogP contribution in [0.15, 0.2) is 29.3 Å². The Kier molecular flexibility index (Phi) is 12.1. The normalized spacial score (nSPS) is 19.8. The largest absolute Gasteiger partial charge is 0.354 e. The molecule has 0 aliphatic carbocycles. The summed E-state index contributed by atoms with van der Waals surface area (Å²) in [6, 6.07) is 9.37. The van der Waals surface area contributed by atoms with Gasteiger partial charge >= 0.3 is 0 Å². The van der Waals surface area contributed by atoms with Gasteiger partial charge in [-0.1, -0.05) is 38.1 Å². The molecule has 6 nitrogen and oxygen atoms in total. The second-order valence-corrected chi connectivity index (χ2v) is 8.67. The number of aliphatic imine (C=N–C) groups is 1. The third-order valence-corrected chi connectivity index (χ3v) is 6.56. The van der Waals surface area contributed by atoms with E-state index in [1.54, 1.807) is 0 Å². The second-order valence-electron chi connectivity index (χ2n) is 8.67. The molecular formula is C24H43IN6. The summed E-state index contributed by atoms with van der Waals surface area (Å²) < 4.78 is 0. The topological polar surface area (TPSA) is 46.1 Å². The predicted octanol–water partition coefficient (Wildman–Crippen LogP) is 2.98. The molecule has 3 rings (SSSR count). The summed E-state index contributed by atoms with van der Waals surface area (Å²) >= 11 is 0. The maximum Gasteiger partial charge on any atom is 0.191 e.